The normalized spacial score (nSPS) is 23.7. The average Bonchev–Trinajstić information content (AvgIpc) is 2.39. The van der Waals surface area contributed by atoms with Gasteiger partial charge in [-0.15, -0.1) is 0 Å². The van der Waals surface area contributed by atoms with Crippen molar-refractivity contribution < 1.29 is 4.74 Å². The SMILES string of the molecule is CCC1CC(Nc2cccnc2N(C)C)CCO1. The summed E-state index contributed by atoms with van der Waals surface area (Å²) in [4.78, 5) is 6.46. The van der Waals surface area contributed by atoms with E-state index in [0.29, 0.717) is 12.1 Å². The number of hydrogen-bond acceptors (Lipinski definition) is 4. The van der Waals surface area contributed by atoms with Gasteiger partial charge in [-0.1, -0.05) is 6.92 Å². The Labute approximate surface area is 109 Å². The number of rotatable bonds is 4. The molecule has 1 aromatic rings. The highest BCUT2D eigenvalue weighted by Gasteiger charge is 2.22. The molecule has 1 N–H and O–H groups in total. The van der Waals surface area contributed by atoms with Crippen molar-refractivity contribution in [3.8, 4) is 0 Å². The molecule has 2 unspecified atom stereocenters. The van der Waals surface area contributed by atoms with Gasteiger partial charge in [0.15, 0.2) is 5.82 Å². The van der Waals surface area contributed by atoms with Crippen molar-refractivity contribution in [2.75, 3.05) is 30.9 Å². The van der Waals surface area contributed by atoms with E-state index < -0.39 is 0 Å². The standard InChI is InChI=1S/C14H23N3O/c1-4-12-10-11(7-9-18-12)16-13-6-5-8-15-14(13)17(2)3/h5-6,8,11-12,16H,4,7,9-10H2,1-3H3. The molecular weight excluding hydrogens is 226 g/mol. The molecule has 100 valence electrons. The zero-order valence-electron chi connectivity index (χ0n) is 11.5. The number of nitrogens with zero attached hydrogens (tertiary/aromatic N) is 2. The Bertz CT molecular complexity index is 381. The summed E-state index contributed by atoms with van der Waals surface area (Å²) in [6.07, 6.45) is 5.47. The average molecular weight is 249 g/mol. The summed E-state index contributed by atoms with van der Waals surface area (Å²) < 4.78 is 5.71. The van der Waals surface area contributed by atoms with Crippen LogP contribution < -0.4 is 10.2 Å². The van der Waals surface area contributed by atoms with E-state index >= 15 is 0 Å². The summed E-state index contributed by atoms with van der Waals surface area (Å²) in [5.74, 6) is 0.997. The molecule has 0 amide bonds. The molecule has 18 heavy (non-hydrogen) atoms. The van der Waals surface area contributed by atoms with Crippen LogP contribution in [0.1, 0.15) is 26.2 Å². The summed E-state index contributed by atoms with van der Waals surface area (Å²) in [5.41, 5.74) is 1.12. The molecule has 1 aliphatic rings. The fourth-order valence-corrected chi connectivity index (χ4v) is 2.38. The quantitative estimate of drug-likeness (QED) is 0.889. The van der Waals surface area contributed by atoms with Crippen molar-refractivity contribution in [2.45, 2.75) is 38.3 Å². The predicted octanol–water partition coefficient (Wildman–Crippen LogP) is 2.52. The number of anilines is 2. The molecule has 0 radical (unpaired) electrons. The second-order valence-electron chi connectivity index (χ2n) is 5.04. The van der Waals surface area contributed by atoms with Gasteiger partial charge in [0.05, 0.1) is 11.8 Å². The third kappa shape index (κ3) is 3.13. The molecule has 0 aromatic carbocycles. The monoisotopic (exact) mass is 249 g/mol. The summed E-state index contributed by atoms with van der Waals surface area (Å²) in [5, 5.41) is 3.61. The number of aromatic nitrogens is 1. The molecule has 0 saturated carbocycles. The number of ether oxygens (including phenoxy) is 1. The summed E-state index contributed by atoms with van der Waals surface area (Å²) >= 11 is 0. The van der Waals surface area contributed by atoms with Crippen LogP contribution in [0.4, 0.5) is 11.5 Å². The smallest absolute Gasteiger partial charge is 0.151 e. The lowest BCUT2D eigenvalue weighted by atomic mass is 10.0. The van der Waals surface area contributed by atoms with E-state index in [0.717, 1.165) is 37.4 Å². The predicted molar refractivity (Wildman–Crippen MR) is 75.2 cm³/mol. The third-order valence-electron chi connectivity index (χ3n) is 3.39. The van der Waals surface area contributed by atoms with E-state index in [4.69, 9.17) is 4.74 Å². The van der Waals surface area contributed by atoms with Crippen LogP contribution in [-0.4, -0.2) is 37.8 Å². The van der Waals surface area contributed by atoms with E-state index in [-0.39, 0.29) is 0 Å². The van der Waals surface area contributed by atoms with Gasteiger partial charge in [0.2, 0.25) is 0 Å². The minimum absolute atomic E-state index is 0.399. The van der Waals surface area contributed by atoms with Gasteiger partial charge >= 0.3 is 0 Å². The summed E-state index contributed by atoms with van der Waals surface area (Å²) in [6.45, 7) is 3.04. The van der Waals surface area contributed by atoms with Crippen LogP contribution in [-0.2, 0) is 4.74 Å². The lowest BCUT2D eigenvalue weighted by Gasteiger charge is -2.31. The minimum Gasteiger partial charge on any atom is -0.379 e. The van der Waals surface area contributed by atoms with Gasteiger partial charge in [-0.2, -0.15) is 0 Å². The second kappa shape index (κ2) is 6.05. The molecular formula is C14H23N3O. The molecule has 0 bridgehead atoms. The van der Waals surface area contributed by atoms with Crippen molar-refractivity contribution in [3.63, 3.8) is 0 Å². The van der Waals surface area contributed by atoms with Crippen molar-refractivity contribution >= 4 is 11.5 Å². The highest BCUT2D eigenvalue weighted by Crippen LogP contribution is 2.25. The molecule has 4 heteroatoms. The Balaban J connectivity index is 2.04. The molecule has 0 spiro atoms. The topological polar surface area (TPSA) is 37.4 Å². The van der Waals surface area contributed by atoms with Gasteiger partial charge in [0.25, 0.3) is 0 Å². The fourth-order valence-electron chi connectivity index (χ4n) is 2.38. The third-order valence-corrected chi connectivity index (χ3v) is 3.39. The molecule has 2 atom stereocenters. The van der Waals surface area contributed by atoms with Crippen LogP contribution in [0.2, 0.25) is 0 Å². The fraction of sp³-hybridized carbons (Fsp3) is 0.643. The molecule has 1 aliphatic heterocycles. The van der Waals surface area contributed by atoms with E-state index in [2.05, 4.69) is 23.3 Å². The molecule has 1 fully saturated rings. The maximum atomic E-state index is 5.71. The maximum absolute atomic E-state index is 5.71. The number of pyridine rings is 1. The van der Waals surface area contributed by atoms with Crippen molar-refractivity contribution in [1.82, 2.24) is 4.98 Å². The molecule has 0 aliphatic carbocycles. The highest BCUT2D eigenvalue weighted by atomic mass is 16.5. The Morgan fingerprint density at radius 3 is 3.06 bits per heavy atom. The molecule has 1 saturated heterocycles. The Hall–Kier alpha value is -1.29. The minimum atomic E-state index is 0.399. The maximum Gasteiger partial charge on any atom is 0.151 e. The first-order valence-electron chi connectivity index (χ1n) is 6.71. The molecule has 1 aromatic heterocycles. The van der Waals surface area contributed by atoms with Gasteiger partial charge in [-0.3, -0.25) is 0 Å². The van der Waals surface area contributed by atoms with E-state index in [9.17, 15) is 0 Å². The molecule has 2 heterocycles. The van der Waals surface area contributed by atoms with E-state index in [1.54, 1.807) is 0 Å². The summed E-state index contributed by atoms with van der Waals surface area (Å²) in [6, 6.07) is 4.57. The van der Waals surface area contributed by atoms with Crippen molar-refractivity contribution in [3.05, 3.63) is 18.3 Å². The zero-order chi connectivity index (χ0) is 13.0. The zero-order valence-corrected chi connectivity index (χ0v) is 11.5. The van der Waals surface area contributed by atoms with Gasteiger partial charge in [-0.25, -0.2) is 4.98 Å². The molecule has 2 rings (SSSR count). The Morgan fingerprint density at radius 2 is 2.33 bits per heavy atom. The van der Waals surface area contributed by atoms with Crippen LogP contribution in [0.3, 0.4) is 0 Å². The van der Waals surface area contributed by atoms with Crippen LogP contribution in [0.25, 0.3) is 0 Å². The largest absolute Gasteiger partial charge is 0.379 e. The van der Waals surface area contributed by atoms with Gasteiger partial charge in [0.1, 0.15) is 0 Å². The Kier molecular flexibility index (Phi) is 4.42. The van der Waals surface area contributed by atoms with Crippen LogP contribution in [0, 0.1) is 0 Å². The van der Waals surface area contributed by atoms with E-state index in [1.165, 1.54) is 0 Å². The van der Waals surface area contributed by atoms with Crippen LogP contribution in [0.15, 0.2) is 18.3 Å². The van der Waals surface area contributed by atoms with E-state index in [1.807, 2.05) is 31.3 Å². The van der Waals surface area contributed by atoms with Gasteiger partial charge in [0, 0.05) is 32.9 Å². The number of nitrogens with one attached hydrogen (secondary N) is 1. The second-order valence-corrected chi connectivity index (χ2v) is 5.04. The first-order chi connectivity index (χ1) is 8.70. The van der Waals surface area contributed by atoms with Crippen molar-refractivity contribution in [2.24, 2.45) is 0 Å². The Morgan fingerprint density at radius 1 is 1.50 bits per heavy atom. The molecule has 4 nitrogen and oxygen atoms in total. The summed E-state index contributed by atoms with van der Waals surface area (Å²) in [7, 11) is 4.04. The highest BCUT2D eigenvalue weighted by molar-refractivity contribution is 5.65. The lowest BCUT2D eigenvalue weighted by molar-refractivity contribution is 0.00926. The van der Waals surface area contributed by atoms with Crippen LogP contribution >= 0.6 is 0 Å². The van der Waals surface area contributed by atoms with Crippen LogP contribution in [0.5, 0.6) is 0 Å². The van der Waals surface area contributed by atoms with Gasteiger partial charge < -0.3 is 15.0 Å². The number of hydrogen-bond donors (Lipinski definition) is 1. The first-order valence-corrected chi connectivity index (χ1v) is 6.71. The van der Waals surface area contributed by atoms with Gasteiger partial charge in [-0.05, 0) is 31.4 Å². The first kappa shape index (κ1) is 13.1. The lowest BCUT2D eigenvalue weighted by Crippen LogP contribution is -2.34. The van der Waals surface area contributed by atoms with Crippen molar-refractivity contribution in [1.29, 1.82) is 0 Å².